The molecule has 0 aliphatic rings. The van der Waals surface area contributed by atoms with Gasteiger partial charge in [0, 0.05) is 38.7 Å². The van der Waals surface area contributed by atoms with Crippen molar-refractivity contribution in [2.45, 2.75) is 20.8 Å². The molecule has 6 heteroatoms. The van der Waals surface area contributed by atoms with Gasteiger partial charge >= 0.3 is 21.1 Å². The number of aromatic nitrogens is 1. The summed E-state index contributed by atoms with van der Waals surface area (Å²) in [5, 5.41) is 2.25. The topological polar surface area (TPSA) is 43.7 Å². The van der Waals surface area contributed by atoms with Gasteiger partial charge in [-0.05, 0) is 55.6 Å². The second-order valence-electron chi connectivity index (χ2n) is 10.5. The molecule has 0 aliphatic carbocycles. The van der Waals surface area contributed by atoms with Crippen LogP contribution in [0.15, 0.2) is 169 Å². The van der Waals surface area contributed by atoms with E-state index in [0.717, 1.165) is 28.0 Å². The summed E-state index contributed by atoms with van der Waals surface area (Å²) in [7, 11) is 0. The molecular weight excluding hydrogens is 944 g/mol. The van der Waals surface area contributed by atoms with Gasteiger partial charge in [0.05, 0.1) is 0 Å². The van der Waals surface area contributed by atoms with Gasteiger partial charge in [-0.2, -0.15) is 60.8 Å². The van der Waals surface area contributed by atoms with Crippen molar-refractivity contribution in [2.75, 3.05) is 0 Å². The SMILES string of the molecule is Cc1cc[c-]cc1.Cc1ccc(Oc2cc3ccccc3cn2)cc1.Cc1ccc(Oc2ccccc2)cc1.[CH-]=Nc1[c-]cccc1.[W+2].[W]. The number of aliphatic imine (C=N–C) groups is 1. The Labute approximate surface area is 319 Å². The van der Waals surface area contributed by atoms with E-state index >= 15 is 0 Å². The van der Waals surface area contributed by atoms with Crippen LogP contribution < -0.4 is 9.47 Å². The zero-order chi connectivity index (χ0) is 33.1. The van der Waals surface area contributed by atoms with Crippen LogP contribution in [0, 0.1) is 32.9 Å². The van der Waals surface area contributed by atoms with E-state index in [1.54, 1.807) is 12.1 Å². The molecule has 49 heavy (non-hydrogen) atoms. The van der Waals surface area contributed by atoms with Gasteiger partial charge in [-0.25, -0.2) is 16.7 Å². The first-order valence-electron chi connectivity index (χ1n) is 15.2. The molecular formula is C43H37N2O2W2-. The molecule has 0 fully saturated rings. The molecule has 0 atom stereocenters. The van der Waals surface area contributed by atoms with Crippen LogP contribution in [0.3, 0.4) is 0 Å². The van der Waals surface area contributed by atoms with Crippen LogP contribution in [0.1, 0.15) is 16.7 Å². The number of fused-ring (bicyclic) bond motifs is 1. The molecule has 0 amide bonds. The summed E-state index contributed by atoms with van der Waals surface area (Å²) in [4.78, 5) is 7.72. The van der Waals surface area contributed by atoms with Gasteiger partial charge in [0.25, 0.3) is 0 Å². The second kappa shape index (κ2) is 22.9. The minimum atomic E-state index is 0. The van der Waals surface area contributed by atoms with E-state index in [0.29, 0.717) is 11.6 Å². The van der Waals surface area contributed by atoms with Gasteiger partial charge < -0.3 is 14.5 Å². The molecule has 0 spiro atoms. The third-order valence-corrected chi connectivity index (χ3v) is 6.57. The number of benzene rings is 6. The fourth-order valence-corrected chi connectivity index (χ4v) is 4.01. The van der Waals surface area contributed by atoms with E-state index < -0.39 is 0 Å². The van der Waals surface area contributed by atoms with Crippen LogP contribution in [0.5, 0.6) is 23.1 Å². The van der Waals surface area contributed by atoms with E-state index in [9.17, 15) is 0 Å². The summed E-state index contributed by atoms with van der Waals surface area (Å²) in [6, 6.07) is 56.8. The Morgan fingerprint density at radius 1 is 0.551 bits per heavy atom. The van der Waals surface area contributed by atoms with Crippen molar-refractivity contribution in [3.05, 3.63) is 193 Å². The van der Waals surface area contributed by atoms with Crippen LogP contribution in [-0.4, -0.2) is 11.7 Å². The number of rotatable bonds is 5. The molecule has 6 aromatic carbocycles. The molecule has 1 aromatic heterocycles. The monoisotopic (exact) mass is 981 g/mol. The van der Waals surface area contributed by atoms with Crippen LogP contribution >= 0.6 is 0 Å². The average molecular weight is 981 g/mol. The van der Waals surface area contributed by atoms with Gasteiger partial charge in [-0.3, -0.25) is 6.07 Å². The molecule has 244 valence electrons. The fraction of sp³-hybridized carbons (Fsp3) is 0.0698. The number of ether oxygens (including phenoxy) is 2. The number of hydrogen-bond acceptors (Lipinski definition) is 4. The first-order chi connectivity index (χ1) is 23.0. The number of aryl methyl sites for hydroxylation is 3. The maximum Gasteiger partial charge on any atom is 2.00 e. The second-order valence-corrected chi connectivity index (χ2v) is 10.5. The maximum atomic E-state index is 5.73. The van der Waals surface area contributed by atoms with E-state index in [2.05, 4.69) is 48.9 Å². The summed E-state index contributed by atoms with van der Waals surface area (Å²) < 4.78 is 11.4. The Bertz CT molecular complexity index is 1900. The molecule has 7 rings (SSSR count). The van der Waals surface area contributed by atoms with Crippen molar-refractivity contribution in [3.8, 4) is 23.1 Å². The molecule has 0 unspecified atom stereocenters. The third kappa shape index (κ3) is 15.4. The van der Waals surface area contributed by atoms with Gasteiger partial charge in [-0.15, -0.1) is 0 Å². The largest absolute Gasteiger partial charge is 2.00 e. The Kier molecular flexibility index (Phi) is 18.9. The fourth-order valence-electron chi connectivity index (χ4n) is 4.01. The number of hydrogen-bond donors (Lipinski definition) is 0. The molecule has 0 aliphatic heterocycles. The van der Waals surface area contributed by atoms with Crippen LogP contribution in [0.2, 0.25) is 0 Å². The average Bonchev–Trinajstić information content (AvgIpc) is 3.12. The molecule has 0 saturated heterocycles. The Balaban J connectivity index is 0.000000239. The molecule has 0 bridgehead atoms. The van der Waals surface area contributed by atoms with Crippen molar-refractivity contribution in [2.24, 2.45) is 4.99 Å². The standard InChI is InChI=1S/C16H13NO.C13H12O.C7H5N.C7H7.2W/c1-12-6-8-15(9-7-12)18-16-10-13-4-2-3-5-14(13)11-17-16;1-11-7-9-13(10-8-11)14-12-5-3-2-4-6-12;1-8-7-5-3-2-4-6-7;1-7-5-3-2-4-6-7;;/h2-11H,1H3;2-10H,1H3;1-5H;3-6H,1H3;;/q;;-2;-1;;+2. The smallest absolute Gasteiger partial charge is 0.485 e. The van der Waals surface area contributed by atoms with E-state index in [4.69, 9.17) is 16.2 Å². The Morgan fingerprint density at radius 2 is 1.06 bits per heavy atom. The maximum absolute atomic E-state index is 5.73. The molecule has 1 heterocycles. The normalized spacial score (nSPS) is 9.29. The summed E-state index contributed by atoms with van der Waals surface area (Å²) in [6.07, 6.45) is 1.83. The molecule has 0 radical (unpaired) electrons. The van der Waals surface area contributed by atoms with E-state index in [1.807, 2.05) is 146 Å². The summed E-state index contributed by atoms with van der Waals surface area (Å²) in [6.45, 7) is 11.1. The van der Waals surface area contributed by atoms with E-state index in [1.165, 1.54) is 16.7 Å². The molecule has 0 N–H and O–H groups in total. The third-order valence-electron chi connectivity index (χ3n) is 6.57. The first kappa shape index (κ1) is 40.6. The molecule has 0 saturated carbocycles. The number of pyridine rings is 1. The van der Waals surface area contributed by atoms with Crippen LogP contribution in [-0.2, 0) is 42.1 Å². The summed E-state index contributed by atoms with van der Waals surface area (Å²) >= 11 is 0. The Hall–Kier alpha value is -4.62. The van der Waals surface area contributed by atoms with Crippen molar-refractivity contribution in [3.63, 3.8) is 0 Å². The molecule has 4 nitrogen and oxygen atoms in total. The van der Waals surface area contributed by atoms with Crippen molar-refractivity contribution < 1.29 is 51.6 Å². The number of para-hydroxylation sites is 2. The van der Waals surface area contributed by atoms with Gasteiger partial charge in [0.1, 0.15) is 17.2 Å². The van der Waals surface area contributed by atoms with Crippen molar-refractivity contribution in [1.29, 1.82) is 0 Å². The van der Waals surface area contributed by atoms with Crippen LogP contribution in [0.25, 0.3) is 10.8 Å². The van der Waals surface area contributed by atoms with Crippen LogP contribution in [0.4, 0.5) is 5.69 Å². The van der Waals surface area contributed by atoms with Gasteiger partial charge in [-0.1, -0.05) is 84.8 Å². The predicted molar refractivity (Wildman–Crippen MR) is 194 cm³/mol. The van der Waals surface area contributed by atoms with Gasteiger partial charge in [0.15, 0.2) is 0 Å². The minimum Gasteiger partial charge on any atom is -0.485 e. The number of nitrogens with zero attached hydrogens (tertiary/aromatic N) is 2. The quantitative estimate of drug-likeness (QED) is 0.128. The van der Waals surface area contributed by atoms with Gasteiger partial charge in [0.2, 0.25) is 5.88 Å². The zero-order valence-electron chi connectivity index (χ0n) is 27.7. The van der Waals surface area contributed by atoms with E-state index in [-0.39, 0.29) is 42.1 Å². The minimum absolute atomic E-state index is 0. The Morgan fingerprint density at radius 3 is 1.57 bits per heavy atom. The first-order valence-corrected chi connectivity index (χ1v) is 15.2. The molecule has 7 aromatic rings. The summed E-state index contributed by atoms with van der Waals surface area (Å²) in [5.74, 6) is 3.18. The van der Waals surface area contributed by atoms with Crippen molar-refractivity contribution in [1.82, 2.24) is 4.98 Å². The predicted octanol–water partition coefficient (Wildman–Crippen LogP) is 11.6. The zero-order valence-corrected chi connectivity index (χ0v) is 33.6. The van der Waals surface area contributed by atoms with Crippen molar-refractivity contribution >= 4 is 23.2 Å². The summed E-state index contributed by atoms with van der Waals surface area (Å²) in [5.41, 5.74) is 4.44.